The number of hydrogen-bond acceptors (Lipinski definition) is 6. The van der Waals surface area contributed by atoms with Gasteiger partial charge < -0.3 is 9.45 Å². The van der Waals surface area contributed by atoms with Gasteiger partial charge in [-0.15, -0.1) is 19.6 Å². The van der Waals surface area contributed by atoms with E-state index in [0.29, 0.717) is 30.4 Å². The third-order valence-corrected chi connectivity index (χ3v) is 7.57. The summed E-state index contributed by atoms with van der Waals surface area (Å²) in [6.45, 7) is 4.26. The van der Waals surface area contributed by atoms with Crippen LogP contribution in [0.4, 0.5) is 5.82 Å². The summed E-state index contributed by atoms with van der Waals surface area (Å²) in [6, 6.07) is 10.9. The summed E-state index contributed by atoms with van der Waals surface area (Å²) >= 11 is 0. The van der Waals surface area contributed by atoms with Crippen molar-refractivity contribution in [3.05, 3.63) is 47.8 Å². The summed E-state index contributed by atoms with van der Waals surface area (Å²) in [7, 11) is -3.48. The molecule has 0 N–H and O–H groups in total. The lowest BCUT2D eigenvalue weighted by Crippen LogP contribution is -2.39. The lowest BCUT2D eigenvalue weighted by atomic mass is 10.2. The minimum absolute atomic E-state index is 0.356. The van der Waals surface area contributed by atoms with Crippen LogP contribution in [0.3, 0.4) is 0 Å². The van der Waals surface area contributed by atoms with Crippen molar-refractivity contribution in [3.8, 4) is 0 Å². The van der Waals surface area contributed by atoms with E-state index in [-0.39, 0.29) is 0 Å². The Labute approximate surface area is 170 Å². The first-order valence-electron chi connectivity index (χ1n) is 10.1. The molecule has 3 aromatic rings. The van der Waals surface area contributed by atoms with Crippen molar-refractivity contribution in [2.45, 2.75) is 37.0 Å². The summed E-state index contributed by atoms with van der Waals surface area (Å²) in [4.78, 5) is 2.51. The van der Waals surface area contributed by atoms with Crippen molar-refractivity contribution < 1.29 is 8.76 Å². The number of sulfonamides is 1. The van der Waals surface area contributed by atoms with E-state index in [4.69, 9.17) is 5.10 Å². The molecule has 1 aromatic carbocycles. The molecule has 9 heteroatoms. The highest BCUT2D eigenvalue weighted by Gasteiger charge is 2.33. The first-order valence-corrected chi connectivity index (χ1v) is 11.5. The van der Waals surface area contributed by atoms with Crippen LogP contribution in [0.5, 0.6) is 0 Å². The van der Waals surface area contributed by atoms with Gasteiger partial charge in [0.25, 0.3) is 0 Å². The fourth-order valence-electron chi connectivity index (χ4n) is 3.78. The summed E-state index contributed by atoms with van der Waals surface area (Å²) in [5, 5.41) is 13.3. The van der Waals surface area contributed by atoms with Gasteiger partial charge in [-0.05, 0) is 50.5 Å². The zero-order valence-electron chi connectivity index (χ0n) is 16.4. The molecule has 0 bridgehead atoms. The molecular weight excluding hydrogens is 388 g/mol. The maximum Gasteiger partial charge on any atom is 0.178 e. The third-order valence-electron chi connectivity index (χ3n) is 5.65. The van der Waals surface area contributed by atoms with Gasteiger partial charge in [-0.25, -0.2) is 0 Å². The van der Waals surface area contributed by atoms with Crippen molar-refractivity contribution in [1.82, 2.24) is 24.1 Å². The average molecular weight is 413 g/mol. The molecule has 2 fully saturated rings. The normalized spacial score (nSPS) is 20.6. The fraction of sp³-hybridized carbons (Fsp3) is 0.450. The highest BCUT2D eigenvalue weighted by atomic mass is 32.3. The predicted molar refractivity (Wildman–Crippen MR) is 109 cm³/mol. The zero-order valence-corrected chi connectivity index (χ0v) is 17.2. The lowest BCUT2D eigenvalue weighted by Gasteiger charge is -2.26. The minimum atomic E-state index is -3.48. The molecule has 1 saturated carbocycles. The van der Waals surface area contributed by atoms with Crippen LogP contribution in [0, 0.1) is 6.92 Å². The van der Waals surface area contributed by atoms with E-state index in [1.54, 1.807) is 16.4 Å². The number of benzene rings is 1. The van der Waals surface area contributed by atoms with Crippen LogP contribution in [-0.2, 0) is 14.6 Å². The topological polar surface area (TPSA) is 89.7 Å². The quantitative estimate of drug-likeness (QED) is 0.612. The van der Waals surface area contributed by atoms with Gasteiger partial charge in [-0.3, -0.25) is 0 Å². The molecule has 1 aliphatic heterocycles. The van der Waals surface area contributed by atoms with Crippen molar-refractivity contribution in [2.24, 2.45) is 0 Å². The number of hydrogen-bond donors (Lipinski definition) is 0. The Morgan fingerprint density at radius 2 is 1.79 bits per heavy atom. The number of rotatable bonds is 4. The Bertz CT molecular complexity index is 1080. The van der Waals surface area contributed by atoms with Crippen LogP contribution in [0.15, 0.2) is 41.3 Å². The van der Waals surface area contributed by atoms with Crippen LogP contribution in [0.1, 0.15) is 36.6 Å². The van der Waals surface area contributed by atoms with Gasteiger partial charge in [-0.2, -0.15) is 4.52 Å². The molecule has 5 rings (SSSR count). The van der Waals surface area contributed by atoms with E-state index < -0.39 is 10.4 Å². The molecule has 0 radical (unpaired) electrons. The van der Waals surface area contributed by atoms with E-state index in [2.05, 4.69) is 15.1 Å². The second-order valence-electron chi connectivity index (χ2n) is 7.85. The van der Waals surface area contributed by atoms with E-state index >= 15 is 0 Å². The molecule has 1 unspecified atom stereocenters. The van der Waals surface area contributed by atoms with Gasteiger partial charge in [0.2, 0.25) is 0 Å². The standard InChI is InChI=1S/C20H24N6O2S/c1-15-3-7-17(8-4-15)29(27,28)25-12-2-11-24(13-14-25)19-10-9-18-21-22-20(16-5-6-16)26(18)23-19/h3-4,7-10,16H,2,5-6,11-14H2,1H3. The Hall–Kier alpha value is -2.36. The maximum absolute atomic E-state index is 13.0. The van der Waals surface area contributed by atoms with Gasteiger partial charge in [0.15, 0.2) is 26.8 Å². The molecule has 0 amide bonds. The van der Waals surface area contributed by atoms with E-state index in [1.165, 1.54) is 0 Å². The molecular formula is C20H24N6O2S. The average Bonchev–Trinajstić information content (AvgIpc) is 3.51. The largest absolute Gasteiger partial charge is 0.593 e. The third kappa shape index (κ3) is 3.54. The van der Waals surface area contributed by atoms with E-state index in [9.17, 15) is 8.76 Å². The molecule has 0 spiro atoms. The van der Waals surface area contributed by atoms with Crippen LogP contribution in [0.25, 0.3) is 5.65 Å². The maximum atomic E-state index is 13.0. The molecule has 29 heavy (non-hydrogen) atoms. The van der Waals surface area contributed by atoms with Gasteiger partial charge in [0.05, 0.1) is 6.54 Å². The van der Waals surface area contributed by atoms with Crippen molar-refractivity contribution in [2.75, 3.05) is 31.1 Å². The van der Waals surface area contributed by atoms with E-state index in [1.807, 2.05) is 35.7 Å². The molecule has 2 aromatic heterocycles. The number of aryl methyl sites for hydroxylation is 1. The van der Waals surface area contributed by atoms with Crippen molar-refractivity contribution in [3.63, 3.8) is 0 Å². The Balaban J connectivity index is 1.36. The fourth-order valence-corrected chi connectivity index (χ4v) is 5.25. The van der Waals surface area contributed by atoms with Crippen molar-refractivity contribution in [1.29, 1.82) is 0 Å². The second kappa shape index (κ2) is 7.16. The monoisotopic (exact) mass is 412 g/mol. The van der Waals surface area contributed by atoms with Gasteiger partial charge in [0.1, 0.15) is 5.82 Å². The Kier molecular flexibility index (Phi) is 4.60. The van der Waals surface area contributed by atoms with Gasteiger partial charge in [0, 0.05) is 25.6 Å². The van der Waals surface area contributed by atoms with Gasteiger partial charge in [-0.1, -0.05) is 21.9 Å². The van der Waals surface area contributed by atoms with Crippen LogP contribution < -0.4 is 4.90 Å². The van der Waals surface area contributed by atoms with Gasteiger partial charge >= 0.3 is 0 Å². The van der Waals surface area contributed by atoms with Crippen LogP contribution >= 0.6 is 0 Å². The molecule has 2 aliphatic rings. The van der Waals surface area contributed by atoms with Crippen molar-refractivity contribution >= 4 is 21.9 Å². The number of nitrogens with zero attached hydrogens (tertiary/aromatic N) is 6. The molecule has 1 atom stereocenters. The minimum Gasteiger partial charge on any atom is -0.593 e. The van der Waals surface area contributed by atoms with E-state index in [0.717, 1.165) is 48.7 Å². The first-order chi connectivity index (χ1) is 14.0. The van der Waals surface area contributed by atoms with Crippen LogP contribution in [0.2, 0.25) is 0 Å². The summed E-state index contributed by atoms with van der Waals surface area (Å²) in [5.41, 5.74) is 1.81. The molecule has 8 nitrogen and oxygen atoms in total. The lowest BCUT2D eigenvalue weighted by molar-refractivity contribution is 0.367. The molecule has 1 saturated heterocycles. The predicted octanol–water partition coefficient (Wildman–Crippen LogP) is 2.43. The number of fused-ring (bicyclic) bond motifs is 1. The zero-order chi connectivity index (χ0) is 20.0. The number of anilines is 1. The molecule has 3 heterocycles. The molecule has 152 valence electrons. The van der Waals surface area contributed by atoms with Crippen LogP contribution in [-0.4, -0.2) is 54.8 Å². The Morgan fingerprint density at radius 1 is 1.00 bits per heavy atom. The smallest absolute Gasteiger partial charge is 0.178 e. The highest BCUT2D eigenvalue weighted by Crippen LogP contribution is 2.38. The summed E-state index contributed by atoms with van der Waals surface area (Å²) < 4.78 is 29.5. The molecule has 1 aliphatic carbocycles. The SMILES string of the molecule is Cc1ccc([S+](=O)([O-])N2CCCN(c3ccc4nnc(C5CC5)n4n3)CC2)cc1. The number of aromatic nitrogens is 4. The first kappa shape index (κ1) is 18.7. The highest BCUT2D eigenvalue weighted by molar-refractivity contribution is 7.95. The second-order valence-corrected chi connectivity index (χ2v) is 9.79. The Morgan fingerprint density at radius 3 is 2.55 bits per heavy atom. The summed E-state index contributed by atoms with van der Waals surface area (Å²) in [6.07, 6.45) is 3.03. The summed E-state index contributed by atoms with van der Waals surface area (Å²) in [5.74, 6) is 2.24.